The summed E-state index contributed by atoms with van der Waals surface area (Å²) in [5, 5.41) is 6.62. The Labute approximate surface area is 105 Å². The minimum atomic E-state index is 0.806. The average Bonchev–Trinajstić information content (AvgIpc) is 2.81. The summed E-state index contributed by atoms with van der Waals surface area (Å²) in [4.78, 5) is 5.49. The molecule has 0 bridgehead atoms. The molecule has 0 amide bonds. The summed E-state index contributed by atoms with van der Waals surface area (Å²) >= 11 is 5.05. The summed E-state index contributed by atoms with van der Waals surface area (Å²) < 4.78 is 2.60. The maximum atomic E-state index is 4.53. The third kappa shape index (κ3) is 1.56. The summed E-state index contributed by atoms with van der Waals surface area (Å²) in [6, 6.07) is 6.09. The van der Waals surface area contributed by atoms with E-state index < -0.39 is 0 Å². The lowest BCUT2D eigenvalue weighted by atomic mass is 10.2. The van der Waals surface area contributed by atoms with E-state index in [9.17, 15) is 0 Å². The van der Waals surface area contributed by atoms with E-state index in [-0.39, 0.29) is 0 Å². The van der Waals surface area contributed by atoms with Gasteiger partial charge in [-0.1, -0.05) is 0 Å². The molecule has 0 aliphatic carbocycles. The quantitative estimate of drug-likeness (QED) is 0.687. The molecule has 0 aromatic carbocycles. The minimum absolute atomic E-state index is 0.806. The van der Waals surface area contributed by atoms with E-state index >= 15 is 0 Å². The van der Waals surface area contributed by atoms with Crippen LogP contribution < -0.4 is 0 Å². The molecule has 0 radical (unpaired) electrons. The molecule has 0 saturated carbocycles. The van der Waals surface area contributed by atoms with Crippen LogP contribution >= 0.6 is 27.3 Å². The molecule has 3 nitrogen and oxygen atoms in total. The monoisotopic (exact) mass is 293 g/mol. The van der Waals surface area contributed by atoms with Gasteiger partial charge in [0.2, 0.25) is 0 Å². The fourth-order valence-corrected chi connectivity index (χ4v) is 2.88. The van der Waals surface area contributed by atoms with Gasteiger partial charge in [-0.15, -0.1) is 11.3 Å². The Kier molecular flexibility index (Phi) is 2.29. The highest BCUT2D eigenvalue weighted by Gasteiger charge is 2.07. The van der Waals surface area contributed by atoms with Crippen LogP contribution in [0.1, 0.15) is 5.56 Å². The minimum Gasteiger partial charge on any atom is -0.220 e. The van der Waals surface area contributed by atoms with Gasteiger partial charge in [0, 0.05) is 0 Å². The Hall–Kier alpha value is -1.20. The zero-order valence-electron chi connectivity index (χ0n) is 8.51. The van der Waals surface area contributed by atoms with E-state index in [1.807, 2.05) is 18.3 Å². The maximum absolute atomic E-state index is 4.53. The lowest BCUT2D eigenvalue weighted by molar-refractivity contribution is 0.943. The zero-order chi connectivity index (χ0) is 11.1. The molecular formula is C11H8BrN3S. The first-order chi connectivity index (χ1) is 7.74. The number of nitrogens with zero attached hydrogens (tertiary/aromatic N) is 3. The molecule has 3 aromatic heterocycles. The Morgan fingerprint density at radius 2 is 2.19 bits per heavy atom. The molecule has 0 aliphatic heterocycles. The smallest absolute Gasteiger partial charge is 0.154 e. The fourth-order valence-electron chi connectivity index (χ4n) is 1.61. The largest absolute Gasteiger partial charge is 0.220 e. The van der Waals surface area contributed by atoms with Gasteiger partial charge in [0.05, 0.1) is 11.1 Å². The third-order valence-corrected chi connectivity index (χ3v) is 3.81. The molecule has 5 heteroatoms. The van der Waals surface area contributed by atoms with Gasteiger partial charge in [0.15, 0.2) is 5.65 Å². The molecule has 3 rings (SSSR count). The number of aryl methyl sites for hydroxylation is 1. The molecule has 16 heavy (non-hydrogen) atoms. The van der Waals surface area contributed by atoms with Gasteiger partial charge in [-0.3, -0.25) is 0 Å². The number of halogens is 1. The predicted octanol–water partition coefficient (Wildman–Crippen LogP) is 3.53. The van der Waals surface area contributed by atoms with Crippen LogP contribution in [0.4, 0.5) is 0 Å². The van der Waals surface area contributed by atoms with Gasteiger partial charge in [0.25, 0.3) is 0 Å². The number of imidazole rings is 1. The van der Waals surface area contributed by atoms with Crippen molar-refractivity contribution in [2.45, 2.75) is 6.92 Å². The van der Waals surface area contributed by atoms with Gasteiger partial charge >= 0.3 is 0 Å². The lowest BCUT2D eigenvalue weighted by Crippen LogP contribution is -1.92. The standard InChI is InChI=1S/C11H8BrN3S/c1-7-4-5-16-11(7)8-2-3-10-13-9(12)6-15(10)14-8/h2-6H,1H3. The van der Waals surface area contributed by atoms with E-state index in [0.29, 0.717) is 0 Å². The first-order valence-corrected chi connectivity index (χ1v) is 6.48. The van der Waals surface area contributed by atoms with Crippen molar-refractivity contribution in [2.24, 2.45) is 0 Å². The fraction of sp³-hybridized carbons (Fsp3) is 0.0909. The molecule has 0 saturated heterocycles. The number of fused-ring (bicyclic) bond motifs is 1. The highest BCUT2D eigenvalue weighted by atomic mass is 79.9. The summed E-state index contributed by atoms with van der Waals surface area (Å²) in [7, 11) is 0. The molecule has 0 N–H and O–H groups in total. The van der Waals surface area contributed by atoms with Crippen LogP contribution in [0.3, 0.4) is 0 Å². The molecule has 0 aliphatic rings. The van der Waals surface area contributed by atoms with Crippen LogP contribution in [0.25, 0.3) is 16.2 Å². The number of aromatic nitrogens is 3. The second-order valence-electron chi connectivity index (χ2n) is 3.52. The van der Waals surface area contributed by atoms with Crippen LogP contribution in [-0.4, -0.2) is 14.6 Å². The Balaban J connectivity index is 2.22. The molecular weight excluding hydrogens is 286 g/mol. The SMILES string of the molecule is Cc1ccsc1-c1ccc2nc(Br)cn2n1. The highest BCUT2D eigenvalue weighted by Crippen LogP contribution is 2.27. The molecule has 3 heterocycles. The molecule has 0 spiro atoms. The van der Waals surface area contributed by atoms with Gasteiger partial charge in [-0.2, -0.15) is 5.10 Å². The first kappa shape index (κ1) is 9.99. The van der Waals surface area contributed by atoms with Crippen LogP contribution in [0.15, 0.2) is 34.4 Å². The number of thiophene rings is 1. The summed E-state index contributed by atoms with van der Waals surface area (Å²) in [6.45, 7) is 2.10. The van der Waals surface area contributed by atoms with E-state index in [1.54, 1.807) is 15.9 Å². The van der Waals surface area contributed by atoms with Crippen molar-refractivity contribution in [3.05, 3.63) is 39.9 Å². The van der Waals surface area contributed by atoms with Crippen molar-refractivity contribution < 1.29 is 0 Å². The predicted molar refractivity (Wildman–Crippen MR) is 68.7 cm³/mol. The van der Waals surface area contributed by atoms with E-state index in [4.69, 9.17) is 0 Å². The summed E-state index contributed by atoms with van der Waals surface area (Å²) in [6.07, 6.45) is 1.86. The van der Waals surface area contributed by atoms with Crippen molar-refractivity contribution >= 4 is 32.9 Å². The van der Waals surface area contributed by atoms with Crippen LogP contribution in [0, 0.1) is 6.92 Å². The molecule has 0 atom stereocenters. The lowest BCUT2D eigenvalue weighted by Gasteiger charge is -1.99. The van der Waals surface area contributed by atoms with Crippen molar-refractivity contribution in [1.82, 2.24) is 14.6 Å². The first-order valence-electron chi connectivity index (χ1n) is 4.80. The zero-order valence-corrected chi connectivity index (χ0v) is 10.9. The number of rotatable bonds is 1. The Bertz CT molecular complexity index is 656. The normalized spacial score (nSPS) is 11.1. The van der Waals surface area contributed by atoms with Crippen LogP contribution in [0.5, 0.6) is 0 Å². The van der Waals surface area contributed by atoms with Crippen molar-refractivity contribution in [3.63, 3.8) is 0 Å². The molecule has 80 valence electrons. The Morgan fingerprint density at radius 1 is 1.31 bits per heavy atom. The van der Waals surface area contributed by atoms with Gasteiger partial charge in [0.1, 0.15) is 10.3 Å². The van der Waals surface area contributed by atoms with Crippen molar-refractivity contribution in [1.29, 1.82) is 0 Å². The van der Waals surface area contributed by atoms with E-state index in [0.717, 1.165) is 15.9 Å². The van der Waals surface area contributed by atoms with Crippen molar-refractivity contribution in [3.8, 4) is 10.6 Å². The topological polar surface area (TPSA) is 30.2 Å². The highest BCUT2D eigenvalue weighted by molar-refractivity contribution is 9.10. The molecule has 3 aromatic rings. The molecule has 0 fully saturated rings. The van der Waals surface area contributed by atoms with Crippen LogP contribution in [0.2, 0.25) is 0 Å². The third-order valence-electron chi connectivity index (χ3n) is 2.39. The maximum Gasteiger partial charge on any atom is 0.154 e. The van der Waals surface area contributed by atoms with Gasteiger partial charge < -0.3 is 0 Å². The van der Waals surface area contributed by atoms with Crippen LogP contribution in [-0.2, 0) is 0 Å². The average molecular weight is 294 g/mol. The number of hydrogen-bond acceptors (Lipinski definition) is 3. The van der Waals surface area contributed by atoms with E-state index in [1.165, 1.54) is 10.4 Å². The summed E-state index contributed by atoms with van der Waals surface area (Å²) in [5.74, 6) is 0. The Morgan fingerprint density at radius 3 is 2.94 bits per heavy atom. The van der Waals surface area contributed by atoms with Crippen molar-refractivity contribution in [2.75, 3.05) is 0 Å². The van der Waals surface area contributed by atoms with Gasteiger partial charge in [-0.05, 0) is 52.0 Å². The molecule has 0 unspecified atom stereocenters. The van der Waals surface area contributed by atoms with E-state index in [2.05, 4.69) is 44.4 Å². The number of hydrogen-bond donors (Lipinski definition) is 0. The van der Waals surface area contributed by atoms with Gasteiger partial charge in [-0.25, -0.2) is 9.50 Å². The second-order valence-corrected chi connectivity index (χ2v) is 5.25. The summed E-state index contributed by atoms with van der Waals surface area (Å²) in [5.41, 5.74) is 3.10. The second kappa shape index (κ2) is 3.68.